The first kappa shape index (κ1) is 13.4. The lowest BCUT2D eigenvalue weighted by molar-refractivity contribution is 0.00578. The molecular weight excluding hydrogens is 227 g/mol. The molecule has 1 saturated heterocycles. The van der Waals surface area contributed by atoms with Crippen molar-refractivity contribution in [1.29, 1.82) is 0 Å². The van der Waals surface area contributed by atoms with Crippen LogP contribution < -0.4 is 10.2 Å². The molecule has 1 heterocycles. The van der Waals surface area contributed by atoms with Gasteiger partial charge in [0.05, 0.1) is 18.3 Å². The zero-order chi connectivity index (χ0) is 13.6. The van der Waals surface area contributed by atoms with Crippen molar-refractivity contribution in [2.75, 3.05) is 7.11 Å². The Balaban J connectivity index is 2.27. The Kier molecular flexibility index (Phi) is 3.20. The third-order valence-corrected chi connectivity index (χ3v) is 3.94. The first-order chi connectivity index (χ1) is 8.27. The summed E-state index contributed by atoms with van der Waals surface area (Å²) in [7, 11) is 1.37. The third kappa shape index (κ3) is 2.15. The molecule has 4 heteroatoms. The van der Waals surface area contributed by atoms with Gasteiger partial charge < -0.3 is 14.0 Å². The smallest absolute Gasteiger partial charge is 0.494 e. The molecule has 0 radical (unpaired) electrons. The number of benzene rings is 1. The van der Waals surface area contributed by atoms with Crippen LogP contribution in [-0.4, -0.2) is 25.4 Å². The van der Waals surface area contributed by atoms with Crippen LogP contribution in [0, 0.1) is 6.92 Å². The van der Waals surface area contributed by atoms with Crippen molar-refractivity contribution < 1.29 is 14.0 Å². The molecule has 0 bridgehead atoms. The molecule has 3 nitrogen and oxygen atoms in total. The van der Waals surface area contributed by atoms with Gasteiger partial charge in [0, 0.05) is 0 Å². The standard InChI is InChI=1S/C14H21BO3/c1-10-9-11(7-8-12(10)16-6)15-17-13(2,3)14(4,5)18-15/h7-9H,1-6H3. The normalized spacial score (nSPS) is 21.1. The molecular formula is C14H21BO3. The lowest BCUT2D eigenvalue weighted by Crippen LogP contribution is -2.41. The topological polar surface area (TPSA) is 27.7 Å². The molecule has 0 spiro atoms. The molecule has 1 aliphatic rings. The number of hydrogen-bond acceptors (Lipinski definition) is 3. The summed E-state index contributed by atoms with van der Waals surface area (Å²) in [6.07, 6.45) is 0. The SMILES string of the molecule is COc1ccc(B2OC(C)(C)C(C)(C)O2)cc1C. The molecule has 0 N–H and O–H groups in total. The van der Waals surface area contributed by atoms with Crippen molar-refractivity contribution in [2.24, 2.45) is 0 Å². The van der Waals surface area contributed by atoms with E-state index in [9.17, 15) is 0 Å². The van der Waals surface area contributed by atoms with Crippen molar-refractivity contribution in [3.05, 3.63) is 23.8 Å². The van der Waals surface area contributed by atoms with Gasteiger partial charge in [0.2, 0.25) is 0 Å². The highest BCUT2D eigenvalue weighted by molar-refractivity contribution is 6.62. The zero-order valence-electron chi connectivity index (χ0n) is 12.0. The number of methoxy groups -OCH3 is 1. The summed E-state index contributed by atoms with van der Waals surface area (Å²) in [6, 6.07) is 6.00. The first-order valence-electron chi connectivity index (χ1n) is 6.27. The summed E-state index contributed by atoms with van der Waals surface area (Å²) in [5.41, 5.74) is 1.52. The molecule has 0 amide bonds. The fraction of sp³-hybridized carbons (Fsp3) is 0.571. The van der Waals surface area contributed by atoms with Gasteiger partial charge in [0.15, 0.2) is 0 Å². The van der Waals surface area contributed by atoms with Gasteiger partial charge in [-0.2, -0.15) is 0 Å². The van der Waals surface area contributed by atoms with Crippen LogP contribution in [0.5, 0.6) is 5.75 Å². The lowest BCUT2D eigenvalue weighted by Gasteiger charge is -2.32. The predicted molar refractivity (Wildman–Crippen MR) is 73.4 cm³/mol. The number of rotatable bonds is 2. The molecule has 0 aromatic heterocycles. The largest absolute Gasteiger partial charge is 0.496 e. The Morgan fingerprint density at radius 2 is 1.61 bits per heavy atom. The minimum Gasteiger partial charge on any atom is -0.496 e. The number of aryl methyl sites for hydroxylation is 1. The monoisotopic (exact) mass is 248 g/mol. The molecule has 0 aliphatic carbocycles. The molecule has 18 heavy (non-hydrogen) atoms. The van der Waals surface area contributed by atoms with Gasteiger partial charge in [-0.05, 0) is 51.7 Å². The first-order valence-corrected chi connectivity index (χ1v) is 6.27. The van der Waals surface area contributed by atoms with E-state index in [1.807, 2.05) is 19.1 Å². The molecule has 1 fully saturated rings. The van der Waals surface area contributed by atoms with Crippen LogP contribution >= 0.6 is 0 Å². The maximum Gasteiger partial charge on any atom is 0.494 e. The summed E-state index contributed by atoms with van der Waals surface area (Å²) in [4.78, 5) is 0. The van der Waals surface area contributed by atoms with Crippen molar-refractivity contribution in [1.82, 2.24) is 0 Å². The lowest BCUT2D eigenvalue weighted by atomic mass is 9.78. The Morgan fingerprint density at radius 3 is 2.06 bits per heavy atom. The number of ether oxygens (including phenoxy) is 1. The van der Waals surface area contributed by atoms with E-state index in [0.717, 1.165) is 16.8 Å². The van der Waals surface area contributed by atoms with Gasteiger partial charge in [0.1, 0.15) is 5.75 Å². The van der Waals surface area contributed by atoms with Crippen LogP contribution in [0.4, 0.5) is 0 Å². The maximum absolute atomic E-state index is 6.02. The van der Waals surface area contributed by atoms with Crippen LogP contribution in [-0.2, 0) is 9.31 Å². The van der Waals surface area contributed by atoms with Gasteiger partial charge in [-0.25, -0.2) is 0 Å². The average molecular weight is 248 g/mol. The summed E-state index contributed by atoms with van der Waals surface area (Å²) in [5.74, 6) is 0.885. The second-order valence-electron chi connectivity index (χ2n) is 5.82. The molecule has 2 rings (SSSR count). The fourth-order valence-corrected chi connectivity index (χ4v) is 2.03. The summed E-state index contributed by atoms with van der Waals surface area (Å²) >= 11 is 0. The molecule has 1 aliphatic heterocycles. The number of hydrogen-bond donors (Lipinski definition) is 0. The van der Waals surface area contributed by atoms with E-state index >= 15 is 0 Å². The molecule has 0 atom stereocenters. The second-order valence-corrected chi connectivity index (χ2v) is 5.82. The molecule has 0 unspecified atom stereocenters. The van der Waals surface area contributed by atoms with Crippen LogP contribution in [0.2, 0.25) is 0 Å². The van der Waals surface area contributed by atoms with Crippen molar-refractivity contribution >= 4 is 12.6 Å². The summed E-state index contributed by atoms with van der Waals surface area (Å²) in [5, 5.41) is 0. The second kappa shape index (κ2) is 4.28. The van der Waals surface area contributed by atoms with Gasteiger partial charge in [-0.15, -0.1) is 0 Å². The highest BCUT2D eigenvalue weighted by atomic mass is 16.7. The summed E-state index contributed by atoms with van der Waals surface area (Å²) < 4.78 is 17.3. The van der Waals surface area contributed by atoms with Crippen molar-refractivity contribution in [2.45, 2.75) is 45.8 Å². The van der Waals surface area contributed by atoms with Crippen LogP contribution in [0.15, 0.2) is 18.2 Å². The molecule has 0 saturated carbocycles. The third-order valence-electron chi connectivity index (χ3n) is 3.94. The van der Waals surface area contributed by atoms with E-state index in [0.29, 0.717) is 0 Å². The summed E-state index contributed by atoms with van der Waals surface area (Å²) in [6.45, 7) is 10.3. The van der Waals surface area contributed by atoms with Gasteiger partial charge in [-0.1, -0.05) is 12.1 Å². The van der Waals surface area contributed by atoms with Crippen LogP contribution in [0.3, 0.4) is 0 Å². The van der Waals surface area contributed by atoms with E-state index in [1.165, 1.54) is 0 Å². The maximum atomic E-state index is 6.02. The van der Waals surface area contributed by atoms with Crippen LogP contribution in [0.1, 0.15) is 33.3 Å². The minimum atomic E-state index is -0.306. The fourth-order valence-electron chi connectivity index (χ4n) is 2.03. The Morgan fingerprint density at radius 1 is 1.06 bits per heavy atom. The van der Waals surface area contributed by atoms with E-state index in [2.05, 4.69) is 33.8 Å². The van der Waals surface area contributed by atoms with E-state index in [1.54, 1.807) is 7.11 Å². The Bertz CT molecular complexity index is 438. The van der Waals surface area contributed by atoms with Crippen molar-refractivity contribution in [3.8, 4) is 5.75 Å². The zero-order valence-corrected chi connectivity index (χ0v) is 12.0. The molecule has 1 aromatic carbocycles. The van der Waals surface area contributed by atoms with Gasteiger partial charge in [0.25, 0.3) is 0 Å². The quantitative estimate of drug-likeness (QED) is 0.751. The van der Waals surface area contributed by atoms with E-state index < -0.39 is 0 Å². The van der Waals surface area contributed by atoms with E-state index in [4.69, 9.17) is 14.0 Å². The van der Waals surface area contributed by atoms with Crippen LogP contribution in [0.25, 0.3) is 0 Å². The molecule has 98 valence electrons. The Labute approximate surface area is 110 Å². The highest BCUT2D eigenvalue weighted by Crippen LogP contribution is 2.36. The molecule has 1 aromatic rings. The van der Waals surface area contributed by atoms with Crippen molar-refractivity contribution in [3.63, 3.8) is 0 Å². The highest BCUT2D eigenvalue weighted by Gasteiger charge is 2.51. The predicted octanol–water partition coefficient (Wildman–Crippen LogP) is 2.30. The van der Waals surface area contributed by atoms with Gasteiger partial charge >= 0.3 is 7.12 Å². The average Bonchev–Trinajstić information content (AvgIpc) is 2.48. The van der Waals surface area contributed by atoms with Gasteiger partial charge in [-0.3, -0.25) is 0 Å². The Hall–Kier alpha value is -0.995. The minimum absolute atomic E-state index is 0.300. The van der Waals surface area contributed by atoms with E-state index in [-0.39, 0.29) is 18.3 Å².